The summed E-state index contributed by atoms with van der Waals surface area (Å²) < 4.78 is 26.5. The molecule has 1 aromatic rings. The Labute approximate surface area is 120 Å². The van der Waals surface area contributed by atoms with Crippen LogP contribution in [0, 0.1) is 0 Å². The Balaban J connectivity index is 2.02. The minimum atomic E-state index is -3.31. The van der Waals surface area contributed by atoms with Gasteiger partial charge >= 0.3 is 0 Å². The van der Waals surface area contributed by atoms with Crippen LogP contribution in [0.15, 0.2) is 24.5 Å². The van der Waals surface area contributed by atoms with E-state index in [1.54, 1.807) is 12.4 Å². The number of rotatable bonds is 7. The normalized spacial score (nSPS) is 16.9. The third-order valence-corrected chi connectivity index (χ3v) is 5.72. The number of aryl methyl sites for hydroxylation is 1. The molecule has 1 fully saturated rings. The van der Waals surface area contributed by atoms with Gasteiger partial charge in [-0.15, -0.1) is 0 Å². The van der Waals surface area contributed by atoms with E-state index in [1.807, 2.05) is 12.1 Å². The van der Waals surface area contributed by atoms with Gasteiger partial charge < -0.3 is 5.11 Å². The van der Waals surface area contributed by atoms with Gasteiger partial charge in [0.15, 0.2) is 0 Å². The molecule has 1 heterocycles. The van der Waals surface area contributed by atoms with Crippen LogP contribution in [0.25, 0.3) is 0 Å². The Hall–Kier alpha value is -0.980. The van der Waals surface area contributed by atoms with Crippen molar-refractivity contribution in [3.8, 4) is 0 Å². The molecule has 20 heavy (non-hydrogen) atoms. The molecule has 112 valence electrons. The number of hydrogen-bond donors (Lipinski definition) is 1. The van der Waals surface area contributed by atoms with Crippen LogP contribution in [-0.4, -0.2) is 47.8 Å². The number of aromatic nitrogens is 1. The van der Waals surface area contributed by atoms with Crippen LogP contribution in [0.5, 0.6) is 0 Å². The summed E-state index contributed by atoms with van der Waals surface area (Å²) in [5.41, 5.74) is 0.971. The van der Waals surface area contributed by atoms with E-state index in [0.29, 0.717) is 6.42 Å². The molecule has 0 atom stereocenters. The maximum atomic E-state index is 12.5. The molecule has 0 amide bonds. The van der Waals surface area contributed by atoms with Gasteiger partial charge in [-0.05, 0) is 37.0 Å². The van der Waals surface area contributed by atoms with Crippen LogP contribution in [0.2, 0.25) is 0 Å². The third-order valence-electron chi connectivity index (χ3n) is 3.81. The molecule has 0 saturated heterocycles. The maximum Gasteiger partial charge on any atom is 0.214 e. The van der Waals surface area contributed by atoms with E-state index < -0.39 is 10.0 Å². The van der Waals surface area contributed by atoms with Crippen molar-refractivity contribution in [3.05, 3.63) is 30.1 Å². The lowest BCUT2D eigenvalue weighted by Crippen LogP contribution is -2.42. The summed E-state index contributed by atoms with van der Waals surface area (Å²) in [6.45, 7) is 0.0916. The molecule has 1 aliphatic rings. The summed E-state index contributed by atoms with van der Waals surface area (Å²) in [5.74, 6) is 0.0908. The molecule has 0 radical (unpaired) electrons. The molecule has 0 aromatic carbocycles. The smallest absolute Gasteiger partial charge is 0.214 e. The zero-order chi connectivity index (χ0) is 14.4. The Bertz CT molecular complexity index is 498. The second-order valence-electron chi connectivity index (χ2n) is 5.19. The van der Waals surface area contributed by atoms with Crippen LogP contribution >= 0.6 is 0 Å². The van der Waals surface area contributed by atoms with Gasteiger partial charge in [0.1, 0.15) is 0 Å². The molecule has 0 spiro atoms. The molecule has 6 heteroatoms. The van der Waals surface area contributed by atoms with Crippen molar-refractivity contribution in [1.29, 1.82) is 0 Å². The molecule has 1 N–H and O–H groups in total. The van der Waals surface area contributed by atoms with Crippen molar-refractivity contribution in [2.24, 2.45) is 0 Å². The first-order valence-electron chi connectivity index (χ1n) is 7.13. The van der Waals surface area contributed by atoms with Gasteiger partial charge in [-0.3, -0.25) is 4.98 Å². The van der Waals surface area contributed by atoms with Gasteiger partial charge in [0.05, 0.1) is 12.4 Å². The Morgan fingerprint density at radius 2 is 1.90 bits per heavy atom. The van der Waals surface area contributed by atoms with Crippen molar-refractivity contribution in [3.63, 3.8) is 0 Å². The van der Waals surface area contributed by atoms with Gasteiger partial charge in [-0.1, -0.05) is 12.8 Å². The summed E-state index contributed by atoms with van der Waals surface area (Å²) in [4.78, 5) is 3.92. The van der Waals surface area contributed by atoms with E-state index in [0.717, 1.165) is 31.2 Å². The van der Waals surface area contributed by atoms with E-state index >= 15 is 0 Å². The highest BCUT2D eigenvalue weighted by Crippen LogP contribution is 2.25. The number of aliphatic hydroxyl groups excluding tert-OH is 1. The Kier molecular flexibility index (Phi) is 5.51. The Morgan fingerprint density at radius 3 is 2.50 bits per heavy atom. The molecule has 1 aromatic heterocycles. The summed E-state index contributed by atoms with van der Waals surface area (Å²) in [5, 5.41) is 9.13. The van der Waals surface area contributed by atoms with Gasteiger partial charge in [0.25, 0.3) is 0 Å². The van der Waals surface area contributed by atoms with Crippen LogP contribution in [0.4, 0.5) is 0 Å². The first-order chi connectivity index (χ1) is 9.63. The minimum Gasteiger partial charge on any atom is -0.395 e. The van der Waals surface area contributed by atoms with Gasteiger partial charge in [0.2, 0.25) is 10.0 Å². The molecule has 0 bridgehead atoms. The number of aliphatic hydroxyl groups is 1. The van der Waals surface area contributed by atoms with E-state index in [-0.39, 0.29) is 24.9 Å². The Morgan fingerprint density at radius 1 is 1.25 bits per heavy atom. The fraction of sp³-hybridized carbons (Fsp3) is 0.643. The second-order valence-corrected chi connectivity index (χ2v) is 7.24. The third kappa shape index (κ3) is 4.01. The lowest BCUT2D eigenvalue weighted by atomic mass is 10.2. The second kappa shape index (κ2) is 7.15. The number of sulfonamides is 1. The largest absolute Gasteiger partial charge is 0.395 e. The van der Waals surface area contributed by atoms with Crippen LogP contribution < -0.4 is 0 Å². The summed E-state index contributed by atoms with van der Waals surface area (Å²) in [6.07, 6.45) is 7.80. The highest BCUT2D eigenvalue weighted by atomic mass is 32.2. The van der Waals surface area contributed by atoms with E-state index in [9.17, 15) is 8.42 Å². The average molecular weight is 298 g/mol. The zero-order valence-corrected chi connectivity index (χ0v) is 12.4. The average Bonchev–Trinajstić information content (AvgIpc) is 2.97. The van der Waals surface area contributed by atoms with Crippen molar-refractivity contribution >= 4 is 10.0 Å². The highest BCUT2D eigenvalue weighted by molar-refractivity contribution is 7.89. The van der Waals surface area contributed by atoms with Crippen molar-refractivity contribution in [1.82, 2.24) is 9.29 Å². The molecule has 1 saturated carbocycles. The van der Waals surface area contributed by atoms with E-state index in [1.165, 1.54) is 4.31 Å². The lowest BCUT2D eigenvalue weighted by molar-refractivity contribution is 0.226. The van der Waals surface area contributed by atoms with Gasteiger partial charge in [-0.2, -0.15) is 4.31 Å². The van der Waals surface area contributed by atoms with Gasteiger partial charge in [0, 0.05) is 25.0 Å². The minimum absolute atomic E-state index is 0.0737. The topological polar surface area (TPSA) is 70.5 Å². The number of pyridine rings is 1. The van der Waals surface area contributed by atoms with E-state index in [2.05, 4.69) is 4.98 Å². The fourth-order valence-electron chi connectivity index (χ4n) is 2.75. The number of nitrogens with zero attached hydrogens (tertiary/aromatic N) is 2. The van der Waals surface area contributed by atoms with Crippen LogP contribution in [0.3, 0.4) is 0 Å². The monoisotopic (exact) mass is 298 g/mol. The standard InChI is InChI=1S/C14H22N2O3S/c17-11-10-16(14-3-1-2-4-14)20(18,19)12-7-13-5-8-15-9-6-13/h5-6,8-9,14,17H,1-4,7,10-12H2. The van der Waals surface area contributed by atoms with Crippen LogP contribution in [-0.2, 0) is 16.4 Å². The molecular weight excluding hydrogens is 276 g/mol. The number of hydrogen-bond acceptors (Lipinski definition) is 4. The summed E-state index contributed by atoms with van der Waals surface area (Å²) in [6, 6.07) is 3.74. The first kappa shape index (κ1) is 15.4. The SMILES string of the molecule is O=S(=O)(CCc1ccncc1)N(CCO)C1CCCC1. The zero-order valence-electron chi connectivity index (χ0n) is 11.6. The molecule has 1 aliphatic carbocycles. The molecule has 2 rings (SSSR count). The predicted octanol–water partition coefficient (Wildman–Crippen LogP) is 1.19. The van der Waals surface area contributed by atoms with Crippen LogP contribution in [0.1, 0.15) is 31.2 Å². The quantitative estimate of drug-likeness (QED) is 0.821. The summed E-state index contributed by atoms with van der Waals surface area (Å²) in [7, 11) is -3.31. The fourth-order valence-corrected chi connectivity index (χ4v) is 4.51. The molecule has 5 nitrogen and oxygen atoms in total. The van der Waals surface area contributed by atoms with Crippen molar-refractivity contribution < 1.29 is 13.5 Å². The summed E-state index contributed by atoms with van der Waals surface area (Å²) >= 11 is 0. The molecule has 0 unspecified atom stereocenters. The first-order valence-corrected chi connectivity index (χ1v) is 8.73. The van der Waals surface area contributed by atoms with Crippen molar-refractivity contribution in [2.75, 3.05) is 18.9 Å². The molecule has 0 aliphatic heterocycles. The lowest BCUT2D eigenvalue weighted by Gasteiger charge is -2.27. The van der Waals surface area contributed by atoms with E-state index in [4.69, 9.17) is 5.11 Å². The van der Waals surface area contributed by atoms with Crippen molar-refractivity contribution in [2.45, 2.75) is 38.1 Å². The predicted molar refractivity (Wildman–Crippen MR) is 77.8 cm³/mol. The highest BCUT2D eigenvalue weighted by Gasteiger charge is 2.31. The van der Waals surface area contributed by atoms with Gasteiger partial charge in [-0.25, -0.2) is 8.42 Å². The maximum absolute atomic E-state index is 12.5. The molecular formula is C14H22N2O3S.